The van der Waals surface area contributed by atoms with Gasteiger partial charge in [-0.1, -0.05) is 42.9 Å². The van der Waals surface area contributed by atoms with Gasteiger partial charge in [-0.05, 0) is 31.4 Å². The van der Waals surface area contributed by atoms with Crippen LogP contribution in [0.5, 0.6) is 5.75 Å². The van der Waals surface area contributed by atoms with Crippen LogP contribution in [-0.2, 0) is 6.42 Å². The van der Waals surface area contributed by atoms with Gasteiger partial charge in [0, 0.05) is 30.8 Å². The molecule has 4 rings (SSSR count). The lowest BCUT2D eigenvalue weighted by molar-refractivity contribution is 0.228. The van der Waals surface area contributed by atoms with Gasteiger partial charge in [0.1, 0.15) is 5.75 Å². The molecule has 0 N–H and O–H groups in total. The summed E-state index contributed by atoms with van der Waals surface area (Å²) in [4.78, 5) is 19.9. The number of rotatable bonds is 6. The summed E-state index contributed by atoms with van der Waals surface area (Å²) in [6.45, 7) is 4.64. The first-order valence-electron chi connectivity index (χ1n) is 9.55. The molecule has 1 aliphatic heterocycles. The summed E-state index contributed by atoms with van der Waals surface area (Å²) in [5, 5.41) is 5.41. The van der Waals surface area contributed by atoms with Gasteiger partial charge in [0.25, 0.3) is 5.56 Å². The minimum absolute atomic E-state index is 0.0908. The standard InChI is InChI=1S/C20H24N4O2S/c1-2-7-16-12-18(25)24-19(21-16)27-20(22-24)23-11-6-8-15(13-23)14-26-17-9-4-3-5-10-17/h3-5,9-10,12,15H,2,6-8,11,13-14H2,1H3. The van der Waals surface area contributed by atoms with Crippen LogP contribution >= 0.6 is 11.3 Å². The summed E-state index contributed by atoms with van der Waals surface area (Å²) in [5.41, 5.74) is 0.761. The largest absolute Gasteiger partial charge is 0.493 e. The molecule has 0 saturated carbocycles. The molecule has 1 aromatic carbocycles. The highest BCUT2D eigenvalue weighted by molar-refractivity contribution is 7.20. The van der Waals surface area contributed by atoms with Gasteiger partial charge in [-0.2, -0.15) is 4.52 Å². The van der Waals surface area contributed by atoms with E-state index in [9.17, 15) is 4.79 Å². The first-order valence-corrected chi connectivity index (χ1v) is 10.4. The van der Waals surface area contributed by atoms with Crippen LogP contribution in [0.15, 0.2) is 41.2 Å². The molecule has 3 aromatic rings. The van der Waals surface area contributed by atoms with Gasteiger partial charge in [-0.15, -0.1) is 5.10 Å². The molecule has 0 amide bonds. The lowest BCUT2D eigenvalue weighted by Gasteiger charge is -2.32. The van der Waals surface area contributed by atoms with Crippen LogP contribution in [0, 0.1) is 5.92 Å². The van der Waals surface area contributed by atoms with Gasteiger partial charge < -0.3 is 9.64 Å². The molecule has 1 fully saturated rings. The Labute approximate surface area is 162 Å². The second kappa shape index (κ2) is 8.08. The van der Waals surface area contributed by atoms with E-state index >= 15 is 0 Å². The predicted molar refractivity (Wildman–Crippen MR) is 108 cm³/mol. The van der Waals surface area contributed by atoms with Crippen molar-refractivity contribution < 1.29 is 4.74 Å². The molecule has 0 aliphatic carbocycles. The van der Waals surface area contributed by atoms with Gasteiger partial charge in [0.15, 0.2) is 0 Å². The van der Waals surface area contributed by atoms with Crippen molar-refractivity contribution in [2.75, 3.05) is 24.6 Å². The summed E-state index contributed by atoms with van der Waals surface area (Å²) in [6.07, 6.45) is 4.04. The molecule has 1 aliphatic rings. The highest BCUT2D eigenvalue weighted by Gasteiger charge is 2.23. The number of ether oxygens (including phenoxy) is 1. The van der Waals surface area contributed by atoms with Crippen molar-refractivity contribution in [1.82, 2.24) is 14.6 Å². The molecule has 0 bridgehead atoms. The average Bonchev–Trinajstić information content (AvgIpc) is 3.13. The van der Waals surface area contributed by atoms with Crippen LogP contribution < -0.4 is 15.2 Å². The predicted octanol–water partition coefficient (Wildman–Crippen LogP) is 3.40. The van der Waals surface area contributed by atoms with Gasteiger partial charge in [-0.25, -0.2) is 4.98 Å². The fourth-order valence-electron chi connectivity index (χ4n) is 3.46. The molecule has 142 valence electrons. The monoisotopic (exact) mass is 384 g/mol. The van der Waals surface area contributed by atoms with Crippen molar-refractivity contribution in [2.24, 2.45) is 5.92 Å². The van der Waals surface area contributed by atoms with E-state index in [1.54, 1.807) is 6.07 Å². The third kappa shape index (κ3) is 4.13. The lowest BCUT2D eigenvalue weighted by Crippen LogP contribution is -2.37. The Bertz CT molecular complexity index is 954. The number of aryl methyl sites for hydroxylation is 1. The Morgan fingerprint density at radius 2 is 2.15 bits per heavy atom. The van der Waals surface area contributed by atoms with E-state index in [0.29, 0.717) is 17.5 Å². The Balaban J connectivity index is 1.47. The number of fused-ring (bicyclic) bond motifs is 1. The van der Waals surface area contributed by atoms with Crippen LogP contribution in [0.1, 0.15) is 31.9 Å². The van der Waals surface area contributed by atoms with Gasteiger partial charge in [0.2, 0.25) is 10.1 Å². The highest BCUT2D eigenvalue weighted by Crippen LogP contribution is 2.27. The molecule has 6 nitrogen and oxygen atoms in total. The third-order valence-corrected chi connectivity index (χ3v) is 5.78. The van der Waals surface area contributed by atoms with Crippen LogP contribution in [-0.4, -0.2) is 34.3 Å². The van der Waals surface area contributed by atoms with Crippen LogP contribution in [0.4, 0.5) is 5.13 Å². The molecule has 0 spiro atoms. The van der Waals surface area contributed by atoms with E-state index in [0.717, 1.165) is 55.3 Å². The number of benzene rings is 1. The van der Waals surface area contributed by atoms with Crippen LogP contribution in [0.25, 0.3) is 4.96 Å². The van der Waals surface area contributed by atoms with Gasteiger partial charge in [-0.3, -0.25) is 4.79 Å². The number of nitrogens with zero attached hydrogens (tertiary/aromatic N) is 4. The topological polar surface area (TPSA) is 59.7 Å². The van der Waals surface area contributed by atoms with E-state index in [1.165, 1.54) is 15.9 Å². The first kappa shape index (κ1) is 18.0. The summed E-state index contributed by atoms with van der Waals surface area (Å²) in [6, 6.07) is 11.5. The summed E-state index contributed by atoms with van der Waals surface area (Å²) < 4.78 is 7.37. The fraction of sp³-hybridized carbons (Fsp3) is 0.450. The molecule has 27 heavy (non-hydrogen) atoms. The van der Waals surface area contributed by atoms with Crippen LogP contribution in [0.3, 0.4) is 0 Å². The highest BCUT2D eigenvalue weighted by atomic mass is 32.1. The number of anilines is 1. The molecule has 1 unspecified atom stereocenters. The Hall–Kier alpha value is -2.41. The summed E-state index contributed by atoms with van der Waals surface area (Å²) >= 11 is 1.50. The zero-order chi connectivity index (χ0) is 18.6. The Morgan fingerprint density at radius 1 is 1.30 bits per heavy atom. The SMILES string of the molecule is CCCc1cc(=O)n2nc(N3CCCC(COc4ccccc4)C3)sc2n1. The van der Waals surface area contributed by atoms with Crippen molar-refractivity contribution in [2.45, 2.75) is 32.6 Å². The van der Waals surface area contributed by atoms with Crippen molar-refractivity contribution in [3.63, 3.8) is 0 Å². The molecular formula is C20H24N4O2S. The molecule has 2 aromatic heterocycles. The summed E-state index contributed by atoms with van der Waals surface area (Å²) in [5.74, 6) is 1.36. The van der Waals surface area contributed by atoms with Gasteiger partial charge in [0.05, 0.1) is 6.61 Å². The zero-order valence-electron chi connectivity index (χ0n) is 15.5. The van der Waals surface area contributed by atoms with E-state index in [1.807, 2.05) is 30.3 Å². The van der Waals surface area contributed by atoms with Crippen LogP contribution in [0.2, 0.25) is 0 Å². The quantitative estimate of drug-likeness (QED) is 0.652. The smallest absolute Gasteiger partial charge is 0.275 e. The van der Waals surface area contributed by atoms with E-state index < -0.39 is 0 Å². The zero-order valence-corrected chi connectivity index (χ0v) is 16.3. The maximum atomic E-state index is 12.3. The van der Waals surface area contributed by atoms with Crippen molar-refractivity contribution >= 4 is 21.4 Å². The lowest BCUT2D eigenvalue weighted by atomic mass is 9.99. The molecule has 0 radical (unpaired) electrons. The normalized spacial score (nSPS) is 17.4. The van der Waals surface area contributed by atoms with Crippen molar-refractivity contribution in [3.8, 4) is 5.75 Å². The Kier molecular flexibility index (Phi) is 5.38. The minimum Gasteiger partial charge on any atom is -0.493 e. The summed E-state index contributed by atoms with van der Waals surface area (Å²) in [7, 11) is 0. The Morgan fingerprint density at radius 3 is 2.96 bits per heavy atom. The fourth-order valence-corrected chi connectivity index (χ4v) is 4.42. The molecule has 3 heterocycles. The van der Waals surface area contributed by atoms with E-state index in [-0.39, 0.29) is 5.56 Å². The maximum Gasteiger partial charge on any atom is 0.275 e. The van der Waals surface area contributed by atoms with Crippen molar-refractivity contribution in [1.29, 1.82) is 0 Å². The third-order valence-electron chi connectivity index (χ3n) is 4.81. The number of piperidine rings is 1. The number of hydrogen-bond acceptors (Lipinski definition) is 6. The average molecular weight is 385 g/mol. The van der Waals surface area contributed by atoms with E-state index in [2.05, 4.69) is 21.9 Å². The molecular weight excluding hydrogens is 360 g/mol. The first-order chi connectivity index (χ1) is 13.2. The molecule has 1 atom stereocenters. The number of para-hydroxylation sites is 1. The second-order valence-electron chi connectivity index (χ2n) is 6.99. The molecule has 7 heteroatoms. The number of aromatic nitrogens is 3. The van der Waals surface area contributed by atoms with Gasteiger partial charge >= 0.3 is 0 Å². The van der Waals surface area contributed by atoms with E-state index in [4.69, 9.17) is 4.74 Å². The maximum absolute atomic E-state index is 12.3. The van der Waals surface area contributed by atoms with Crippen molar-refractivity contribution in [3.05, 3.63) is 52.4 Å². The minimum atomic E-state index is -0.0908. The number of hydrogen-bond donors (Lipinski definition) is 0. The second-order valence-corrected chi connectivity index (χ2v) is 7.93. The molecule has 1 saturated heterocycles.